The summed E-state index contributed by atoms with van der Waals surface area (Å²) in [6.45, 7) is 4.73. The molecular weight excluding hydrogens is 228 g/mol. The molecule has 1 heterocycles. The number of rotatable bonds is 6. The molecule has 18 heavy (non-hydrogen) atoms. The second kappa shape index (κ2) is 5.85. The standard InChI is InChI=1S/C14H24N2O2/c1-3-18-11-14(2,17)10-12-8-9-16(15-12)13-6-4-5-7-13/h8-9,13,17H,3-7,10-11H2,1-2H3. The molecule has 102 valence electrons. The Bertz CT molecular complexity index is 368. The molecular formula is C14H24N2O2. The first-order valence-electron chi connectivity index (χ1n) is 6.95. The van der Waals surface area contributed by atoms with Gasteiger partial charge in [0, 0.05) is 19.2 Å². The lowest BCUT2D eigenvalue weighted by molar-refractivity contribution is -0.0303. The van der Waals surface area contributed by atoms with Crippen molar-refractivity contribution in [2.75, 3.05) is 13.2 Å². The van der Waals surface area contributed by atoms with Crippen LogP contribution in [0.1, 0.15) is 51.3 Å². The van der Waals surface area contributed by atoms with Crippen molar-refractivity contribution in [3.8, 4) is 0 Å². The molecule has 1 atom stereocenters. The molecule has 0 aliphatic heterocycles. The van der Waals surface area contributed by atoms with E-state index in [1.54, 1.807) is 6.92 Å². The van der Waals surface area contributed by atoms with Gasteiger partial charge in [-0.05, 0) is 32.8 Å². The van der Waals surface area contributed by atoms with Gasteiger partial charge in [-0.15, -0.1) is 0 Å². The van der Waals surface area contributed by atoms with Crippen molar-refractivity contribution in [2.24, 2.45) is 0 Å². The van der Waals surface area contributed by atoms with Crippen LogP contribution in [0.3, 0.4) is 0 Å². The Hall–Kier alpha value is -0.870. The highest BCUT2D eigenvalue weighted by Crippen LogP contribution is 2.29. The van der Waals surface area contributed by atoms with Crippen LogP contribution in [-0.4, -0.2) is 33.7 Å². The Morgan fingerprint density at radius 2 is 2.22 bits per heavy atom. The first-order chi connectivity index (χ1) is 8.61. The lowest BCUT2D eigenvalue weighted by atomic mass is 10.0. The van der Waals surface area contributed by atoms with Gasteiger partial charge in [0.2, 0.25) is 0 Å². The highest BCUT2D eigenvalue weighted by molar-refractivity contribution is 5.04. The first kappa shape index (κ1) is 13.6. The predicted molar refractivity (Wildman–Crippen MR) is 70.6 cm³/mol. The molecule has 1 N–H and O–H groups in total. The molecule has 1 aromatic heterocycles. The Labute approximate surface area is 109 Å². The van der Waals surface area contributed by atoms with Crippen LogP contribution in [0, 0.1) is 0 Å². The van der Waals surface area contributed by atoms with E-state index >= 15 is 0 Å². The van der Waals surface area contributed by atoms with Crippen LogP contribution in [-0.2, 0) is 11.2 Å². The Morgan fingerprint density at radius 1 is 1.50 bits per heavy atom. The minimum Gasteiger partial charge on any atom is -0.387 e. The average molecular weight is 252 g/mol. The molecule has 4 heteroatoms. The van der Waals surface area contributed by atoms with Gasteiger partial charge in [0.15, 0.2) is 0 Å². The van der Waals surface area contributed by atoms with Crippen LogP contribution in [0.25, 0.3) is 0 Å². The predicted octanol–water partition coefficient (Wildman–Crippen LogP) is 2.33. The maximum atomic E-state index is 10.2. The van der Waals surface area contributed by atoms with E-state index in [1.165, 1.54) is 25.7 Å². The zero-order valence-electron chi connectivity index (χ0n) is 11.4. The fourth-order valence-corrected chi connectivity index (χ4v) is 2.61. The number of nitrogens with zero attached hydrogens (tertiary/aromatic N) is 2. The van der Waals surface area contributed by atoms with E-state index in [1.807, 2.05) is 19.2 Å². The molecule has 1 aliphatic rings. The quantitative estimate of drug-likeness (QED) is 0.845. The SMILES string of the molecule is CCOCC(C)(O)Cc1ccn(C2CCCC2)n1. The molecule has 0 radical (unpaired) electrons. The molecule has 1 aromatic rings. The van der Waals surface area contributed by atoms with Crippen LogP contribution >= 0.6 is 0 Å². The zero-order valence-corrected chi connectivity index (χ0v) is 11.4. The van der Waals surface area contributed by atoms with Crippen LogP contribution in [0.4, 0.5) is 0 Å². The minimum absolute atomic E-state index is 0.361. The summed E-state index contributed by atoms with van der Waals surface area (Å²) in [5, 5.41) is 14.8. The highest BCUT2D eigenvalue weighted by Gasteiger charge is 2.24. The molecule has 0 saturated heterocycles. The summed E-state index contributed by atoms with van der Waals surface area (Å²) in [7, 11) is 0. The van der Waals surface area contributed by atoms with E-state index in [2.05, 4.69) is 9.78 Å². The smallest absolute Gasteiger partial charge is 0.0908 e. The number of hydrogen-bond donors (Lipinski definition) is 1. The summed E-state index contributed by atoms with van der Waals surface area (Å²) in [6.07, 6.45) is 7.67. The lowest BCUT2D eigenvalue weighted by Gasteiger charge is -2.21. The summed E-state index contributed by atoms with van der Waals surface area (Å²) < 4.78 is 7.36. The fourth-order valence-electron chi connectivity index (χ4n) is 2.61. The average Bonchev–Trinajstić information content (AvgIpc) is 2.95. The Kier molecular flexibility index (Phi) is 4.40. The molecule has 0 spiro atoms. The third-order valence-electron chi connectivity index (χ3n) is 3.54. The topological polar surface area (TPSA) is 47.3 Å². The van der Waals surface area contributed by atoms with Gasteiger partial charge in [-0.25, -0.2) is 0 Å². The fraction of sp³-hybridized carbons (Fsp3) is 0.786. The van der Waals surface area contributed by atoms with Crippen molar-refractivity contribution in [3.05, 3.63) is 18.0 Å². The van der Waals surface area contributed by atoms with E-state index in [0.29, 0.717) is 25.7 Å². The maximum absolute atomic E-state index is 10.2. The van der Waals surface area contributed by atoms with Gasteiger partial charge in [-0.3, -0.25) is 4.68 Å². The monoisotopic (exact) mass is 252 g/mol. The summed E-state index contributed by atoms with van der Waals surface area (Å²) >= 11 is 0. The van der Waals surface area contributed by atoms with Gasteiger partial charge in [-0.1, -0.05) is 12.8 Å². The van der Waals surface area contributed by atoms with Crippen molar-refractivity contribution in [1.29, 1.82) is 0 Å². The molecule has 1 fully saturated rings. The second-order valence-electron chi connectivity index (χ2n) is 5.54. The van der Waals surface area contributed by atoms with Crippen molar-refractivity contribution < 1.29 is 9.84 Å². The van der Waals surface area contributed by atoms with Crippen LogP contribution in [0.5, 0.6) is 0 Å². The lowest BCUT2D eigenvalue weighted by Crippen LogP contribution is -2.33. The normalized spacial score (nSPS) is 20.2. The second-order valence-corrected chi connectivity index (χ2v) is 5.54. The van der Waals surface area contributed by atoms with E-state index in [9.17, 15) is 5.11 Å². The van der Waals surface area contributed by atoms with E-state index in [-0.39, 0.29) is 0 Å². The van der Waals surface area contributed by atoms with Crippen molar-refractivity contribution in [2.45, 2.75) is 57.6 Å². The molecule has 2 rings (SSSR count). The van der Waals surface area contributed by atoms with Gasteiger partial charge in [0.1, 0.15) is 0 Å². The highest BCUT2D eigenvalue weighted by atomic mass is 16.5. The van der Waals surface area contributed by atoms with Gasteiger partial charge in [0.05, 0.1) is 23.9 Å². The van der Waals surface area contributed by atoms with Crippen LogP contribution in [0.2, 0.25) is 0 Å². The molecule has 0 bridgehead atoms. The van der Waals surface area contributed by atoms with Gasteiger partial charge >= 0.3 is 0 Å². The number of hydrogen-bond acceptors (Lipinski definition) is 3. The van der Waals surface area contributed by atoms with E-state index < -0.39 is 5.60 Å². The molecule has 4 nitrogen and oxygen atoms in total. The van der Waals surface area contributed by atoms with E-state index in [0.717, 1.165) is 5.69 Å². The molecule has 1 saturated carbocycles. The summed E-state index contributed by atoms with van der Waals surface area (Å²) in [5.74, 6) is 0. The van der Waals surface area contributed by atoms with Gasteiger partial charge in [-0.2, -0.15) is 5.10 Å². The molecule has 1 unspecified atom stereocenters. The largest absolute Gasteiger partial charge is 0.387 e. The Balaban J connectivity index is 1.93. The van der Waals surface area contributed by atoms with Crippen LogP contribution < -0.4 is 0 Å². The first-order valence-corrected chi connectivity index (χ1v) is 6.95. The van der Waals surface area contributed by atoms with Gasteiger partial charge < -0.3 is 9.84 Å². The van der Waals surface area contributed by atoms with Crippen molar-refractivity contribution in [3.63, 3.8) is 0 Å². The van der Waals surface area contributed by atoms with Crippen LogP contribution in [0.15, 0.2) is 12.3 Å². The molecule has 1 aliphatic carbocycles. The third kappa shape index (κ3) is 3.56. The maximum Gasteiger partial charge on any atom is 0.0908 e. The summed E-state index contributed by atoms with van der Waals surface area (Å²) in [4.78, 5) is 0. The van der Waals surface area contributed by atoms with E-state index in [4.69, 9.17) is 4.74 Å². The van der Waals surface area contributed by atoms with Crippen molar-refractivity contribution >= 4 is 0 Å². The number of aliphatic hydroxyl groups is 1. The summed E-state index contributed by atoms with van der Waals surface area (Å²) in [6, 6.07) is 2.58. The van der Waals surface area contributed by atoms with Crippen molar-refractivity contribution in [1.82, 2.24) is 9.78 Å². The summed E-state index contributed by atoms with van der Waals surface area (Å²) in [5.41, 5.74) is 0.122. The minimum atomic E-state index is -0.829. The molecule has 0 amide bonds. The zero-order chi connectivity index (χ0) is 13.0. The number of aromatic nitrogens is 2. The third-order valence-corrected chi connectivity index (χ3v) is 3.54. The Morgan fingerprint density at radius 3 is 2.89 bits per heavy atom. The van der Waals surface area contributed by atoms with Gasteiger partial charge in [0.25, 0.3) is 0 Å². The number of ether oxygens (including phenoxy) is 1. The molecule has 0 aromatic carbocycles.